The Hall–Kier alpha value is -6.18. The van der Waals surface area contributed by atoms with E-state index < -0.39 is 10.8 Å². The Morgan fingerprint density at radius 2 is 0.825 bits per heavy atom. The van der Waals surface area contributed by atoms with Gasteiger partial charge in [-0.25, -0.2) is 4.99 Å². The van der Waals surface area contributed by atoms with E-state index in [2.05, 4.69) is 206 Å². The van der Waals surface area contributed by atoms with Gasteiger partial charge in [0.2, 0.25) is 5.90 Å². The summed E-state index contributed by atoms with van der Waals surface area (Å²) in [6.07, 6.45) is 21.9. The van der Waals surface area contributed by atoms with Crippen molar-refractivity contribution in [1.82, 2.24) is 0 Å². The summed E-state index contributed by atoms with van der Waals surface area (Å²) >= 11 is 0. The van der Waals surface area contributed by atoms with Crippen molar-refractivity contribution in [3.8, 4) is 0 Å². The van der Waals surface area contributed by atoms with Crippen LogP contribution in [0.1, 0.15) is 137 Å². The maximum Gasteiger partial charge on any atom is 3.00 e. The molecule has 2 atom stereocenters. The van der Waals surface area contributed by atoms with Gasteiger partial charge in [-0.1, -0.05) is 208 Å². The van der Waals surface area contributed by atoms with Crippen molar-refractivity contribution in [3.63, 3.8) is 0 Å². The van der Waals surface area contributed by atoms with Gasteiger partial charge in [-0.2, -0.15) is 16.6 Å². The zero-order valence-corrected chi connectivity index (χ0v) is 48.0. The average Bonchev–Trinajstić information content (AvgIpc) is 3.93. The Morgan fingerprint density at radius 3 is 1.12 bits per heavy atom. The van der Waals surface area contributed by atoms with E-state index >= 15 is 0 Å². The molecule has 8 saturated carbocycles. The normalized spacial score (nSPS) is 29.0. The summed E-state index contributed by atoms with van der Waals surface area (Å²) in [7, 11) is 0. The molecular formula is C71H81N6NiO2. The summed E-state index contributed by atoms with van der Waals surface area (Å²) in [6.45, 7) is 6.69. The van der Waals surface area contributed by atoms with Gasteiger partial charge in [0.05, 0.1) is 23.1 Å². The Morgan fingerprint density at radius 1 is 0.500 bits per heavy atom. The van der Waals surface area contributed by atoms with Crippen LogP contribution < -0.4 is 0 Å². The largest absolute Gasteiger partial charge is 3.00 e. The number of rotatable bonds is 14. The van der Waals surface area contributed by atoms with Crippen LogP contribution in [0.4, 0.5) is 0 Å². The van der Waals surface area contributed by atoms with E-state index in [4.69, 9.17) is 30.0 Å². The molecule has 8 bridgehead atoms. The third-order valence-electron chi connectivity index (χ3n) is 19.1. The summed E-state index contributed by atoms with van der Waals surface area (Å²) in [4.78, 5) is 5.29. The molecule has 6 aromatic rings. The first-order chi connectivity index (χ1) is 38.4. The fourth-order valence-electron chi connectivity index (χ4n) is 16.7. The maximum absolute atomic E-state index is 6.41. The average molecular weight is 1110 g/mol. The first kappa shape index (κ1) is 57.1. The number of aliphatic imine (C=N–C) groups is 1. The van der Waals surface area contributed by atoms with Crippen LogP contribution in [-0.4, -0.2) is 42.3 Å². The van der Waals surface area contributed by atoms with Crippen molar-refractivity contribution in [2.75, 3.05) is 13.2 Å². The molecule has 6 aromatic carbocycles. The van der Waals surface area contributed by atoms with Crippen LogP contribution >= 0.6 is 0 Å². The molecule has 16 rings (SSSR count). The number of ether oxygens (including phenoxy) is 2. The molecule has 10 aliphatic rings. The molecule has 8 aliphatic carbocycles. The smallest absolute Gasteiger partial charge is 0.647 e. The van der Waals surface area contributed by atoms with E-state index in [1.165, 1.54) is 123 Å². The molecule has 1 saturated heterocycles. The molecule has 417 valence electrons. The van der Waals surface area contributed by atoms with Crippen LogP contribution in [0.15, 0.2) is 220 Å². The summed E-state index contributed by atoms with van der Waals surface area (Å²) in [5.41, 5.74) is 6.16. The minimum Gasteiger partial charge on any atom is -0.647 e. The second-order valence-electron chi connectivity index (χ2n) is 24.4. The van der Waals surface area contributed by atoms with E-state index in [1.54, 1.807) is 0 Å². The van der Waals surface area contributed by atoms with Crippen molar-refractivity contribution in [2.24, 2.45) is 61.2 Å². The van der Waals surface area contributed by atoms with Gasteiger partial charge in [-0.05, 0) is 156 Å². The summed E-state index contributed by atoms with van der Waals surface area (Å²) in [5.74, 6) is 6.62. The van der Waals surface area contributed by atoms with Crippen LogP contribution in [0, 0.1) is 49.9 Å². The maximum atomic E-state index is 6.41. The van der Waals surface area contributed by atoms with E-state index in [0.29, 0.717) is 25.0 Å². The molecule has 0 spiro atoms. The Labute approximate surface area is 487 Å². The predicted octanol–water partition coefficient (Wildman–Crippen LogP) is 17.7. The van der Waals surface area contributed by atoms with Gasteiger partial charge in [0.15, 0.2) is 0 Å². The Balaban J connectivity index is 0.000000192. The monoisotopic (exact) mass is 1110 g/mol. The van der Waals surface area contributed by atoms with Gasteiger partial charge in [0.25, 0.3) is 0 Å². The summed E-state index contributed by atoms with van der Waals surface area (Å²) < 4.78 is 12.8. The Bertz CT molecular complexity index is 2710. The van der Waals surface area contributed by atoms with Gasteiger partial charge in [0.1, 0.15) is 12.6 Å². The molecule has 0 amide bonds. The van der Waals surface area contributed by atoms with Gasteiger partial charge in [0, 0.05) is 17.4 Å². The minimum absolute atomic E-state index is 0. The quantitative estimate of drug-likeness (QED) is 0.0357. The molecule has 9 heteroatoms. The number of unbranched alkanes of at least 4 members (excludes halogenated alkanes) is 2. The van der Waals surface area contributed by atoms with Gasteiger partial charge in [-0.3, -0.25) is 0 Å². The summed E-state index contributed by atoms with van der Waals surface area (Å²) in [6, 6.07) is 63.5. The molecule has 0 N–H and O–H groups in total. The zero-order chi connectivity index (χ0) is 52.8. The number of hydrogen-bond acceptors (Lipinski definition) is 5. The molecule has 0 unspecified atom stereocenters. The number of nitrogens with zero attached hydrogens (tertiary/aromatic N) is 6. The Kier molecular flexibility index (Phi) is 18.1. The van der Waals surface area contributed by atoms with Gasteiger partial charge in [-0.15, -0.1) is 0 Å². The van der Waals surface area contributed by atoms with Crippen LogP contribution in [0.3, 0.4) is 0 Å². The number of hydrogen-bond donors (Lipinski definition) is 0. The fraction of sp³-hybridized carbons (Fsp3) is 0.423. The van der Waals surface area contributed by atoms with Crippen molar-refractivity contribution in [1.29, 1.82) is 0 Å². The number of benzene rings is 6. The van der Waals surface area contributed by atoms with Crippen molar-refractivity contribution in [3.05, 3.63) is 247 Å². The van der Waals surface area contributed by atoms with Gasteiger partial charge >= 0.3 is 16.5 Å². The molecule has 8 nitrogen and oxygen atoms in total. The SMILES string of the molecule is C(/C1=N[C@@H](C(c2ccccc2)(c2ccccc2)c2ccccc2)CO1)=C1/[N-][C@@H](C(c2ccccc2)(c2ccccc2)c2ccccc2)CO1.C1C2CC3CC1CC(N=NN=NC14CC5CC(CC(C5)C1)C4)(C2)C3.[CH2-]CCCC.[CH3-].[Ni+3]. The molecule has 2 heterocycles. The zero-order valence-electron chi connectivity index (χ0n) is 47.1. The summed E-state index contributed by atoms with van der Waals surface area (Å²) in [5, 5.41) is 23.5. The minimum atomic E-state index is -0.566. The van der Waals surface area contributed by atoms with E-state index in [0.717, 1.165) is 41.9 Å². The van der Waals surface area contributed by atoms with E-state index in [-0.39, 0.29) is 47.1 Å². The second kappa shape index (κ2) is 25.3. The fourth-order valence-corrected chi connectivity index (χ4v) is 16.7. The standard InChI is InChI=1S/C45H37N2O2.C20H30N4.C5H11.CH3.Ni/c1-7-19-34(20-8-1)44(35-21-9-2-10-22-35,36-23-11-3-12-24-36)40-32-48-42(46-40)31-43-47-41(33-49-43)45(37-25-13-4-14-26-37,38-27-15-5-16-28-38)39-29-17-6-18-30-39;1-13-2-15-3-14(1)8-19(7-13,9-15)21-23-24-22-20-10-16-4-17(11-20)6-18(5-16)12-20;1-3-5-4-2;;/h1-31,40-41H,32-33H2;13-18H,1-12H2;1,3-5H2,2H3;1H3;/q-1;;2*-1;+3/b42-31+;;;;/t40-,41-;;;;/m1..../s1. The first-order valence-electron chi connectivity index (χ1n) is 29.6. The molecule has 80 heavy (non-hydrogen) atoms. The van der Waals surface area contributed by atoms with E-state index in [1.807, 2.05) is 6.08 Å². The molecular weight excluding hydrogens is 1030 g/mol. The molecule has 0 aromatic heterocycles. The van der Waals surface area contributed by atoms with Crippen LogP contribution in [-0.2, 0) is 36.8 Å². The topological polar surface area (TPSA) is 94.4 Å². The predicted molar refractivity (Wildman–Crippen MR) is 320 cm³/mol. The third-order valence-corrected chi connectivity index (χ3v) is 19.1. The van der Waals surface area contributed by atoms with Crippen LogP contribution in [0.25, 0.3) is 5.32 Å². The molecule has 9 fully saturated rings. The van der Waals surface area contributed by atoms with Crippen LogP contribution in [0.2, 0.25) is 0 Å². The second-order valence-corrected chi connectivity index (χ2v) is 24.4. The first-order valence-corrected chi connectivity index (χ1v) is 29.6. The van der Waals surface area contributed by atoms with Crippen molar-refractivity contribution < 1.29 is 26.0 Å². The molecule has 1 radical (unpaired) electrons. The molecule has 2 aliphatic heterocycles. The van der Waals surface area contributed by atoms with Gasteiger partial charge < -0.3 is 29.1 Å². The third kappa shape index (κ3) is 11.5. The van der Waals surface area contributed by atoms with Crippen molar-refractivity contribution >= 4 is 5.90 Å². The van der Waals surface area contributed by atoms with Crippen LogP contribution in [0.5, 0.6) is 0 Å². The van der Waals surface area contributed by atoms with Crippen molar-refractivity contribution in [2.45, 2.75) is 137 Å². The van der Waals surface area contributed by atoms with E-state index in [9.17, 15) is 0 Å².